The standard InChI is InChI=1S/C18H26N2O/c1-4-19-16(12-7-5-6-8-12)13-9-10-15-14(11-13)18(2,3)17(21)20-15/h9-12,16,19H,4-8H2,1-3H3,(H,20,21). The van der Waals surface area contributed by atoms with Crippen molar-refractivity contribution in [2.24, 2.45) is 5.92 Å². The summed E-state index contributed by atoms with van der Waals surface area (Å²) in [6.07, 6.45) is 5.33. The van der Waals surface area contributed by atoms with E-state index in [2.05, 4.69) is 35.8 Å². The highest BCUT2D eigenvalue weighted by atomic mass is 16.2. The van der Waals surface area contributed by atoms with Gasteiger partial charge in [0.2, 0.25) is 5.91 Å². The first-order valence-electron chi connectivity index (χ1n) is 8.23. The zero-order valence-corrected chi connectivity index (χ0v) is 13.3. The summed E-state index contributed by atoms with van der Waals surface area (Å²) < 4.78 is 0. The van der Waals surface area contributed by atoms with Gasteiger partial charge in [-0.25, -0.2) is 0 Å². The van der Waals surface area contributed by atoms with E-state index in [4.69, 9.17) is 0 Å². The third-order valence-electron chi connectivity index (χ3n) is 5.19. The lowest BCUT2D eigenvalue weighted by Gasteiger charge is -2.26. The molecule has 1 unspecified atom stereocenters. The molecule has 0 radical (unpaired) electrons. The van der Waals surface area contributed by atoms with Crippen molar-refractivity contribution in [1.29, 1.82) is 0 Å². The molecule has 114 valence electrons. The van der Waals surface area contributed by atoms with E-state index >= 15 is 0 Å². The van der Waals surface area contributed by atoms with Crippen LogP contribution in [0, 0.1) is 5.92 Å². The van der Waals surface area contributed by atoms with E-state index in [9.17, 15) is 4.79 Å². The summed E-state index contributed by atoms with van der Waals surface area (Å²) in [4.78, 5) is 12.1. The second kappa shape index (κ2) is 5.45. The van der Waals surface area contributed by atoms with Gasteiger partial charge in [-0.3, -0.25) is 4.79 Å². The molecule has 2 aliphatic rings. The first-order valence-corrected chi connectivity index (χ1v) is 8.23. The number of carbonyl (C=O) groups excluding carboxylic acids is 1. The summed E-state index contributed by atoms with van der Waals surface area (Å²) in [6.45, 7) is 7.18. The number of nitrogens with one attached hydrogen (secondary N) is 2. The number of anilines is 1. The molecule has 1 atom stereocenters. The summed E-state index contributed by atoms with van der Waals surface area (Å²) in [5.41, 5.74) is 3.05. The average Bonchev–Trinajstić information content (AvgIpc) is 3.05. The van der Waals surface area contributed by atoms with Crippen LogP contribution >= 0.6 is 0 Å². The van der Waals surface area contributed by atoms with Crippen LogP contribution in [0.5, 0.6) is 0 Å². The Morgan fingerprint density at radius 1 is 1.33 bits per heavy atom. The lowest BCUT2D eigenvalue weighted by atomic mass is 9.83. The molecule has 3 heteroatoms. The number of rotatable bonds is 4. The van der Waals surface area contributed by atoms with Crippen molar-refractivity contribution in [2.75, 3.05) is 11.9 Å². The summed E-state index contributed by atoms with van der Waals surface area (Å²) >= 11 is 0. The van der Waals surface area contributed by atoms with Crippen LogP contribution < -0.4 is 10.6 Å². The normalized spacial score (nSPS) is 22.1. The number of benzene rings is 1. The Morgan fingerprint density at radius 3 is 2.71 bits per heavy atom. The van der Waals surface area contributed by atoms with E-state index in [1.807, 2.05) is 13.8 Å². The molecular weight excluding hydrogens is 260 g/mol. The Balaban J connectivity index is 1.95. The highest BCUT2D eigenvalue weighted by Gasteiger charge is 2.39. The molecule has 0 saturated heterocycles. The second-order valence-electron chi connectivity index (χ2n) is 6.96. The largest absolute Gasteiger partial charge is 0.325 e. The maximum Gasteiger partial charge on any atom is 0.234 e. The van der Waals surface area contributed by atoms with Crippen LogP contribution in [0.3, 0.4) is 0 Å². The van der Waals surface area contributed by atoms with Gasteiger partial charge in [0.1, 0.15) is 0 Å². The first kappa shape index (κ1) is 14.6. The lowest BCUT2D eigenvalue weighted by Crippen LogP contribution is -2.28. The van der Waals surface area contributed by atoms with Crippen molar-refractivity contribution >= 4 is 11.6 Å². The summed E-state index contributed by atoms with van der Waals surface area (Å²) in [7, 11) is 0. The molecule has 3 rings (SSSR count). The van der Waals surface area contributed by atoms with E-state index in [0.717, 1.165) is 23.7 Å². The van der Waals surface area contributed by atoms with E-state index in [1.54, 1.807) is 0 Å². The molecule has 21 heavy (non-hydrogen) atoms. The van der Waals surface area contributed by atoms with E-state index in [1.165, 1.54) is 31.2 Å². The number of hydrogen-bond donors (Lipinski definition) is 2. The van der Waals surface area contributed by atoms with Crippen molar-refractivity contribution in [3.63, 3.8) is 0 Å². The molecule has 0 spiro atoms. The Labute approximate surface area is 127 Å². The molecule has 0 aromatic heterocycles. The molecule has 1 amide bonds. The molecular formula is C18H26N2O. The second-order valence-corrected chi connectivity index (χ2v) is 6.96. The van der Waals surface area contributed by atoms with Gasteiger partial charge in [-0.15, -0.1) is 0 Å². The molecule has 1 aliphatic heterocycles. The Bertz CT molecular complexity index is 544. The molecule has 2 N–H and O–H groups in total. The SMILES string of the molecule is CCNC(c1ccc2c(c1)C(C)(C)C(=O)N2)C1CCCC1. The van der Waals surface area contributed by atoms with Crippen LogP contribution in [0.15, 0.2) is 18.2 Å². The van der Waals surface area contributed by atoms with Crippen LogP contribution in [0.4, 0.5) is 5.69 Å². The van der Waals surface area contributed by atoms with Gasteiger partial charge >= 0.3 is 0 Å². The molecule has 0 bridgehead atoms. The van der Waals surface area contributed by atoms with Gasteiger partial charge in [-0.05, 0) is 56.3 Å². The summed E-state index contributed by atoms with van der Waals surface area (Å²) in [6, 6.07) is 6.94. The Hall–Kier alpha value is -1.35. The monoisotopic (exact) mass is 286 g/mol. The highest BCUT2D eigenvalue weighted by Crippen LogP contribution is 2.41. The van der Waals surface area contributed by atoms with Gasteiger partial charge in [-0.2, -0.15) is 0 Å². The predicted molar refractivity (Wildman–Crippen MR) is 86.5 cm³/mol. The molecule has 3 nitrogen and oxygen atoms in total. The van der Waals surface area contributed by atoms with Crippen LogP contribution in [0.1, 0.15) is 63.6 Å². The number of amides is 1. The fourth-order valence-corrected chi connectivity index (χ4v) is 3.85. The van der Waals surface area contributed by atoms with Crippen LogP contribution in [-0.2, 0) is 10.2 Å². The minimum absolute atomic E-state index is 0.107. The van der Waals surface area contributed by atoms with Crippen molar-refractivity contribution in [1.82, 2.24) is 5.32 Å². The van der Waals surface area contributed by atoms with E-state index < -0.39 is 5.41 Å². The molecule has 1 fully saturated rings. The van der Waals surface area contributed by atoms with Crippen LogP contribution in [0.2, 0.25) is 0 Å². The summed E-state index contributed by atoms with van der Waals surface area (Å²) in [5, 5.41) is 6.66. The third kappa shape index (κ3) is 2.48. The fraction of sp³-hybridized carbons (Fsp3) is 0.611. The number of fused-ring (bicyclic) bond motifs is 1. The van der Waals surface area contributed by atoms with Gasteiger partial charge < -0.3 is 10.6 Å². The average molecular weight is 286 g/mol. The highest BCUT2D eigenvalue weighted by molar-refractivity contribution is 6.05. The maximum atomic E-state index is 12.1. The lowest BCUT2D eigenvalue weighted by molar-refractivity contribution is -0.119. The minimum Gasteiger partial charge on any atom is -0.325 e. The topological polar surface area (TPSA) is 41.1 Å². The van der Waals surface area contributed by atoms with Gasteiger partial charge in [0, 0.05) is 11.7 Å². The smallest absolute Gasteiger partial charge is 0.234 e. The van der Waals surface area contributed by atoms with Crippen molar-refractivity contribution in [2.45, 2.75) is 57.9 Å². The minimum atomic E-state index is -0.419. The molecule has 1 aromatic rings. The van der Waals surface area contributed by atoms with Crippen molar-refractivity contribution in [3.05, 3.63) is 29.3 Å². The fourth-order valence-electron chi connectivity index (χ4n) is 3.85. The third-order valence-corrected chi connectivity index (χ3v) is 5.19. The van der Waals surface area contributed by atoms with Gasteiger partial charge in [0.25, 0.3) is 0 Å². The van der Waals surface area contributed by atoms with Gasteiger partial charge in [0.05, 0.1) is 5.41 Å². The van der Waals surface area contributed by atoms with Gasteiger partial charge in [0.15, 0.2) is 0 Å². The van der Waals surface area contributed by atoms with Crippen LogP contribution in [0.25, 0.3) is 0 Å². The Kier molecular flexibility index (Phi) is 3.78. The zero-order valence-electron chi connectivity index (χ0n) is 13.3. The maximum absolute atomic E-state index is 12.1. The zero-order chi connectivity index (χ0) is 15.0. The summed E-state index contributed by atoms with van der Waals surface area (Å²) in [5.74, 6) is 0.840. The van der Waals surface area contributed by atoms with Gasteiger partial charge in [-0.1, -0.05) is 31.9 Å². The molecule has 1 saturated carbocycles. The van der Waals surface area contributed by atoms with Crippen molar-refractivity contribution < 1.29 is 4.79 Å². The molecule has 1 aliphatic carbocycles. The van der Waals surface area contributed by atoms with Crippen molar-refractivity contribution in [3.8, 4) is 0 Å². The molecule has 1 heterocycles. The molecule has 1 aromatic carbocycles. The predicted octanol–water partition coefficient (Wildman–Crippen LogP) is 3.76. The van der Waals surface area contributed by atoms with Crippen LogP contribution in [-0.4, -0.2) is 12.5 Å². The Morgan fingerprint density at radius 2 is 2.05 bits per heavy atom. The number of carbonyl (C=O) groups is 1. The van der Waals surface area contributed by atoms with E-state index in [-0.39, 0.29) is 5.91 Å². The quantitative estimate of drug-likeness (QED) is 0.885. The number of hydrogen-bond acceptors (Lipinski definition) is 2. The first-order chi connectivity index (χ1) is 10.0. The van der Waals surface area contributed by atoms with E-state index in [0.29, 0.717) is 6.04 Å².